The number of halogens is 2. The molecule has 1 aromatic rings. The molecular weight excluding hydrogens is 217 g/mol. The molecule has 0 amide bonds. The molecule has 0 aliphatic heterocycles. The van der Waals surface area contributed by atoms with Crippen LogP contribution in [0.2, 0.25) is 10.0 Å². The van der Waals surface area contributed by atoms with Gasteiger partial charge in [0.2, 0.25) is 0 Å². The van der Waals surface area contributed by atoms with Crippen molar-refractivity contribution in [1.82, 2.24) is 5.32 Å². The highest BCUT2D eigenvalue weighted by Gasteiger charge is 2.09. The fourth-order valence-electron chi connectivity index (χ4n) is 1.03. The van der Waals surface area contributed by atoms with E-state index >= 15 is 0 Å². The molecule has 0 aliphatic carbocycles. The first-order chi connectivity index (χ1) is 6.38. The van der Waals surface area contributed by atoms with Crippen LogP contribution in [-0.2, 0) is 6.54 Å². The van der Waals surface area contributed by atoms with Crippen LogP contribution in [0, 0.1) is 0 Å². The Morgan fingerprint density at radius 2 is 1.86 bits per heavy atom. The molecule has 0 unspecified atom stereocenters. The second-order valence-electron chi connectivity index (χ2n) is 4.34. The van der Waals surface area contributed by atoms with Crippen LogP contribution in [0.3, 0.4) is 0 Å². The van der Waals surface area contributed by atoms with E-state index in [-0.39, 0.29) is 5.54 Å². The molecule has 1 N–H and O–H groups in total. The third-order valence-corrected chi connectivity index (χ3v) is 2.41. The van der Waals surface area contributed by atoms with Crippen molar-refractivity contribution in [3.8, 4) is 0 Å². The van der Waals surface area contributed by atoms with Gasteiger partial charge < -0.3 is 5.32 Å². The summed E-state index contributed by atoms with van der Waals surface area (Å²) in [6, 6.07) is 5.57. The minimum absolute atomic E-state index is 0.100. The Bertz CT molecular complexity index is 316. The van der Waals surface area contributed by atoms with Crippen LogP contribution >= 0.6 is 23.2 Å². The van der Waals surface area contributed by atoms with Crippen molar-refractivity contribution in [2.24, 2.45) is 0 Å². The average molecular weight is 232 g/mol. The highest BCUT2D eigenvalue weighted by atomic mass is 35.5. The summed E-state index contributed by atoms with van der Waals surface area (Å²) in [6.45, 7) is 7.13. The zero-order chi connectivity index (χ0) is 10.8. The molecule has 0 atom stereocenters. The van der Waals surface area contributed by atoms with Crippen LogP contribution < -0.4 is 5.32 Å². The van der Waals surface area contributed by atoms with Crippen LogP contribution in [0.1, 0.15) is 26.3 Å². The van der Waals surface area contributed by atoms with E-state index in [1.54, 1.807) is 6.07 Å². The van der Waals surface area contributed by atoms with E-state index in [2.05, 4.69) is 26.1 Å². The van der Waals surface area contributed by atoms with Crippen LogP contribution in [0.25, 0.3) is 0 Å². The molecule has 1 nitrogen and oxygen atoms in total. The summed E-state index contributed by atoms with van der Waals surface area (Å²) < 4.78 is 0. The molecule has 0 spiro atoms. The molecule has 0 saturated heterocycles. The van der Waals surface area contributed by atoms with Gasteiger partial charge in [-0.1, -0.05) is 29.3 Å². The summed E-state index contributed by atoms with van der Waals surface area (Å²) in [7, 11) is 0. The Labute approximate surface area is 95.4 Å². The van der Waals surface area contributed by atoms with Gasteiger partial charge in [-0.25, -0.2) is 0 Å². The molecule has 1 rings (SSSR count). The molecular formula is C11H15Cl2N. The molecule has 0 bridgehead atoms. The monoisotopic (exact) mass is 231 g/mol. The predicted octanol–water partition coefficient (Wildman–Crippen LogP) is 3.88. The van der Waals surface area contributed by atoms with E-state index in [1.165, 1.54) is 0 Å². The van der Waals surface area contributed by atoms with E-state index in [0.717, 1.165) is 12.1 Å². The first-order valence-electron chi connectivity index (χ1n) is 4.57. The van der Waals surface area contributed by atoms with Gasteiger partial charge >= 0.3 is 0 Å². The number of rotatable bonds is 2. The first-order valence-corrected chi connectivity index (χ1v) is 5.33. The molecule has 0 aromatic heterocycles. The van der Waals surface area contributed by atoms with Gasteiger partial charge in [0, 0.05) is 22.1 Å². The zero-order valence-electron chi connectivity index (χ0n) is 8.70. The maximum absolute atomic E-state index is 6.03. The summed E-state index contributed by atoms with van der Waals surface area (Å²) >= 11 is 11.8. The molecule has 0 heterocycles. The second kappa shape index (κ2) is 4.52. The zero-order valence-corrected chi connectivity index (χ0v) is 10.2. The van der Waals surface area contributed by atoms with E-state index in [4.69, 9.17) is 23.2 Å². The predicted molar refractivity (Wildman–Crippen MR) is 63.1 cm³/mol. The van der Waals surface area contributed by atoms with Gasteiger partial charge in [-0.15, -0.1) is 0 Å². The Hall–Kier alpha value is -0.240. The van der Waals surface area contributed by atoms with E-state index < -0.39 is 0 Å². The van der Waals surface area contributed by atoms with Crippen molar-refractivity contribution in [3.05, 3.63) is 33.8 Å². The van der Waals surface area contributed by atoms with Crippen LogP contribution in [0.5, 0.6) is 0 Å². The van der Waals surface area contributed by atoms with Crippen molar-refractivity contribution in [1.29, 1.82) is 0 Å². The quantitative estimate of drug-likeness (QED) is 0.815. The Balaban J connectivity index is 2.68. The van der Waals surface area contributed by atoms with E-state index in [1.807, 2.05) is 12.1 Å². The summed E-state index contributed by atoms with van der Waals surface area (Å²) in [5.74, 6) is 0. The van der Waals surface area contributed by atoms with Crippen molar-refractivity contribution >= 4 is 23.2 Å². The standard InChI is InChI=1S/C11H15Cl2N/c1-11(2,3)14-7-8-4-5-9(12)6-10(8)13/h4-6,14H,7H2,1-3H3. The van der Waals surface area contributed by atoms with E-state index in [0.29, 0.717) is 10.0 Å². The highest BCUT2D eigenvalue weighted by molar-refractivity contribution is 6.35. The van der Waals surface area contributed by atoms with Crippen molar-refractivity contribution in [2.45, 2.75) is 32.9 Å². The van der Waals surface area contributed by atoms with Gasteiger partial charge in [0.1, 0.15) is 0 Å². The lowest BCUT2D eigenvalue weighted by Gasteiger charge is -2.20. The molecule has 0 fully saturated rings. The van der Waals surface area contributed by atoms with E-state index in [9.17, 15) is 0 Å². The first kappa shape index (κ1) is 11.8. The number of benzene rings is 1. The Morgan fingerprint density at radius 3 is 2.36 bits per heavy atom. The summed E-state index contributed by atoms with van der Waals surface area (Å²) in [5.41, 5.74) is 1.18. The molecule has 0 saturated carbocycles. The van der Waals surface area contributed by atoms with Crippen LogP contribution in [0.4, 0.5) is 0 Å². The van der Waals surface area contributed by atoms with Crippen LogP contribution in [-0.4, -0.2) is 5.54 Å². The molecule has 0 radical (unpaired) electrons. The topological polar surface area (TPSA) is 12.0 Å². The molecule has 78 valence electrons. The minimum atomic E-state index is 0.100. The van der Waals surface area contributed by atoms with Gasteiger partial charge in [0.25, 0.3) is 0 Å². The third kappa shape index (κ3) is 3.87. The third-order valence-electron chi connectivity index (χ3n) is 1.82. The number of nitrogens with one attached hydrogen (secondary N) is 1. The molecule has 0 aliphatic rings. The lowest BCUT2D eigenvalue weighted by Crippen LogP contribution is -2.35. The second-order valence-corrected chi connectivity index (χ2v) is 5.18. The van der Waals surface area contributed by atoms with Crippen LogP contribution in [0.15, 0.2) is 18.2 Å². The highest BCUT2D eigenvalue weighted by Crippen LogP contribution is 2.21. The number of hydrogen-bond acceptors (Lipinski definition) is 1. The average Bonchev–Trinajstić information content (AvgIpc) is 2.00. The fourth-order valence-corrected chi connectivity index (χ4v) is 1.50. The molecule has 3 heteroatoms. The maximum atomic E-state index is 6.03. The fraction of sp³-hybridized carbons (Fsp3) is 0.455. The minimum Gasteiger partial charge on any atom is -0.308 e. The SMILES string of the molecule is CC(C)(C)NCc1ccc(Cl)cc1Cl. The van der Waals surface area contributed by atoms with Crippen molar-refractivity contribution in [2.75, 3.05) is 0 Å². The molecule has 1 aromatic carbocycles. The largest absolute Gasteiger partial charge is 0.308 e. The van der Waals surface area contributed by atoms with Crippen molar-refractivity contribution < 1.29 is 0 Å². The smallest absolute Gasteiger partial charge is 0.0465 e. The maximum Gasteiger partial charge on any atom is 0.0465 e. The van der Waals surface area contributed by atoms with Crippen molar-refractivity contribution in [3.63, 3.8) is 0 Å². The Kier molecular flexibility index (Phi) is 3.82. The molecule has 14 heavy (non-hydrogen) atoms. The normalized spacial score (nSPS) is 11.8. The lowest BCUT2D eigenvalue weighted by molar-refractivity contribution is 0.424. The summed E-state index contributed by atoms with van der Waals surface area (Å²) in [4.78, 5) is 0. The summed E-state index contributed by atoms with van der Waals surface area (Å²) in [6.07, 6.45) is 0. The van der Waals surface area contributed by atoms with Gasteiger partial charge in [-0.05, 0) is 38.5 Å². The van der Waals surface area contributed by atoms with Gasteiger partial charge in [-0.2, -0.15) is 0 Å². The van der Waals surface area contributed by atoms with Gasteiger partial charge in [-0.3, -0.25) is 0 Å². The van der Waals surface area contributed by atoms with Gasteiger partial charge in [0.15, 0.2) is 0 Å². The summed E-state index contributed by atoms with van der Waals surface area (Å²) in [5, 5.41) is 4.76. The van der Waals surface area contributed by atoms with Gasteiger partial charge in [0.05, 0.1) is 0 Å². The lowest BCUT2D eigenvalue weighted by atomic mass is 10.1. The number of hydrogen-bond donors (Lipinski definition) is 1. The Morgan fingerprint density at radius 1 is 1.21 bits per heavy atom.